The van der Waals surface area contributed by atoms with Gasteiger partial charge in [-0.2, -0.15) is 0 Å². The Bertz CT molecular complexity index is 1070. The number of benzene rings is 2. The second kappa shape index (κ2) is 8.53. The summed E-state index contributed by atoms with van der Waals surface area (Å²) in [5.74, 6) is -0.0938. The molecular formula is C20H21N3O3S2. The molecule has 2 aromatic carbocycles. The van der Waals surface area contributed by atoms with E-state index in [4.69, 9.17) is 0 Å². The largest absolute Gasteiger partial charge is 0.326 e. The summed E-state index contributed by atoms with van der Waals surface area (Å²) in [6, 6.07) is 13.3. The Morgan fingerprint density at radius 2 is 1.82 bits per heavy atom. The van der Waals surface area contributed by atoms with E-state index in [9.17, 15) is 13.2 Å². The van der Waals surface area contributed by atoms with Crippen molar-refractivity contribution in [3.63, 3.8) is 0 Å². The fourth-order valence-electron chi connectivity index (χ4n) is 2.65. The number of carbonyl (C=O) groups excluding carboxylic acids is 1. The molecule has 0 fully saturated rings. The van der Waals surface area contributed by atoms with Gasteiger partial charge in [-0.15, -0.1) is 11.3 Å². The number of nitrogens with one attached hydrogen (secondary N) is 2. The minimum absolute atomic E-state index is 0.0938. The zero-order chi connectivity index (χ0) is 20.1. The third-order valence-corrected chi connectivity index (χ3v) is 6.15. The van der Waals surface area contributed by atoms with Crippen LogP contribution in [0, 0.1) is 6.92 Å². The Morgan fingerprint density at radius 1 is 1.11 bits per heavy atom. The molecule has 6 nitrogen and oxygen atoms in total. The van der Waals surface area contributed by atoms with E-state index in [-0.39, 0.29) is 10.8 Å². The van der Waals surface area contributed by atoms with Gasteiger partial charge in [0.1, 0.15) is 0 Å². The minimum Gasteiger partial charge on any atom is -0.326 e. The Morgan fingerprint density at radius 3 is 2.46 bits per heavy atom. The van der Waals surface area contributed by atoms with Gasteiger partial charge in [-0.1, -0.05) is 25.1 Å². The number of thiazole rings is 1. The maximum absolute atomic E-state index is 12.8. The maximum atomic E-state index is 12.8. The predicted octanol–water partition coefficient (Wildman–Crippen LogP) is 4.66. The van der Waals surface area contributed by atoms with Crippen molar-refractivity contribution in [3.05, 3.63) is 58.9 Å². The smallest absolute Gasteiger partial charge is 0.261 e. The molecule has 3 rings (SSSR count). The lowest BCUT2D eigenvalue weighted by molar-refractivity contribution is -0.116. The first-order valence-electron chi connectivity index (χ1n) is 8.83. The van der Waals surface area contributed by atoms with Crippen molar-refractivity contribution >= 4 is 38.6 Å². The van der Waals surface area contributed by atoms with Gasteiger partial charge >= 0.3 is 0 Å². The van der Waals surface area contributed by atoms with E-state index >= 15 is 0 Å². The van der Waals surface area contributed by atoms with Crippen molar-refractivity contribution in [2.24, 2.45) is 0 Å². The zero-order valence-corrected chi connectivity index (χ0v) is 17.2. The SMILES string of the molecule is CCCC(=O)Nc1ccc(S(=O)(=O)Nc2ccccc2-c2csc(C)n2)cc1. The molecule has 2 N–H and O–H groups in total. The number of sulfonamides is 1. The van der Waals surface area contributed by atoms with Gasteiger partial charge in [0.25, 0.3) is 10.0 Å². The van der Waals surface area contributed by atoms with Crippen LogP contribution in [0.1, 0.15) is 24.8 Å². The lowest BCUT2D eigenvalue weighted by atomic mass is 10.1. The lowest BCUT2D eigenvalue weighted by Gasteiger charge is -2.12. The lowest BCUT2D eigenvalue weighted by Crippen LogP contribution is -2.14. The van der Waals surface area contributed by atoms with E-state index in [1.54, 1.807) is 24.3 Å². The van der Waals surface area contributed by atoms with Crippen molar-refractivity contribution in [2.45, 2.75) is 31.6 Å². The van der Waals surface area contributed by atoms with Gasteiger partial charge in [0, 0.05) is 23.1 Å². The van der Waals surface area contributed by atoms with Gasteiger partial charge in [0.15, 0.2) is 0 Å². The van der Waals surface area contributed by atoms with E-state index in [2.05, 4.69) is 15.0 Å². The van der Waals surface area contributed by atoms with Crippen LogP contribution >= 0.6 is 11.3 Å². The highest BCUT2D eigenvalue weighted by molar-refractivity contribution is 7.92. The molecule has 0 aliphatic carbocycles. The van der Waals surface area contributed by atoms with Gasteiger partial charge < -0.3 is 5.32 Å². The number of carbonyl (C=O) groups is 1. The molecule has 0 saturated carbocycles. The van der Waals surface area contributed by atoms with Crippen molar-refractivity contribution < 1.29 is 13.2 Å². The fraction of sp³-hybridized carbons (Fsp3) is 0.200. The van der Waals surface area contributed by atoms with Gasteiger partial charge in [0.2, 0.25) is 5.91 Å². The maximum Gasteiger partial charge on any atom is 0.261 e. The Kier molecular flexibility index (Phi) is 6.11. The van der Waals surface area contributed by atoms with Crippen LogP contribution in [-0.2, 0) is 14.8 Å². The highest BCUT2D eigenvalue weighted by Gasteiger charge is 2.17. The number of hydrogen-bond acceptors (Lipinski definition) is 5. The number of nitrogens with zero attached hydrogens (tertiary/aromatic N) is 1. The van der Waals surface area contributed by atoms with Gasteiger partial charge in [-0.3, -0.25) is 9.52 Å². The van der Waals surface area contributed by atoms with E-state index in [0.29, 0.717) is 17.8 Å². The number of aromatic nitrogens is 1. The third kappa shape index (κ3) is 4.76. The fourth-order valence-corrected chi connectivity index (χ4v) is 4.35. The van der Waals surface area contributed by atoms with E-state index in [1.807, 2.05) is 31.4 Å². The number of aryl methyl sites for hydroxylation is 1. The molecule has 0 spiro atoms. The molecule has 146 valence electrons. The monoisotopic (exact) mass is 415 g/mol. The molecule has 28 heavy (non-hydrogen) atoms. The van der Waals surface area contributed by atoms with Crippen LogP contribution in [0.5, 0.6) is 0 Å². The number of hydrogen-bond donors (Lipinski definition) is 2. The van der Waals surface area contributed by atoms with Crippen LogP contribution in [0.3, 0.4) is 0 Å². The molecular weight excluding hydrogens is 394 g/mol. The number of amides is 1. The van der Waals surface area contributed by atoms with Crippen LogP contribution in [0.2, 0.25) is 0 Å². The second-order valence-electron chi connectivity index (χ2n) is 6.23. The predicted molar refractivity (Wildman–Crippen MR) is 113 cm³/mol. The molecule has 1 amide bonds. The summed E-state index contributed by atoms with van der Waals surface area (Å²) < 4.78 is 28.3. The van der Waals surface area contributed by atoms with E-state index < -0.39 is 10.0 Å². The van der Waals surface area contributed by atoms with Crippen molar-refractivity contribution in [3.8, 4) is 11.3 Å². The first kappa shape index (κ1) is 20.0. The summed E-state index contributed by atoms with van der Waals surface area (Å²) in [5, 5.41) is 5.55. The van der Waals surface area contributed by atoms with Gasteiger partial charge in [-0.25, -0.2) is 13.4 Å². The molecule has 0 saturated heterocycles. The number of para-hydroxylation sites is 1. The molecule has 0 unspecified atom stereocenters. The summed E-state index contributed by atoms with van der Waals surface area (Å²) in [6.45, 7) is 3.83. The summed E-state index contributed by atoms with van der Waals surface area (Å²) in [5.41, 5.74) is 2.48. The molecule has 3 aromatic rings. The van der Waals surface area contributed by atoms with Crippen LogP contribution < -0.4 is 10.0 Å². The van der Waals surface area contributed by atoms with Gasteiger partial charge in [-0.05, 0) is 43.7 Å². The van der Waals surface area contributed by atoms with Crippen LogP contribution in [0.25, 0.3) is 11.3 Å². The van der Waals surface area contributed by atoms with Crippen molar-refractivity contribution in [2.75, 3.05) is 10.0 Å². The summed E-state index contributed by atoms with van der Waals surface area (Å²) in [4.78, 5) is 16.2. The van der Waals surface area contributed by atoms with Crippen LogP contribution in [0.4, 0.5) is 11.4 Å². The molecule has 0 aliphatic rings. The molecule has 0 radical (unpaired) electrons. The molecule has 0 atom stereocenters. The summed E-state index contributed by atoms with van der Waals surface area (Å²) >= 11 is 1.51. The normalized spacial score (nSPS) is 11.2. The second-order valence-corrected chi connectivity index (χ2v) is 8.97. The first-order chi connectivity index (χ1) is 13.4. The molecule has 1 aromatic heterocycles. The number of rotatable bonds is 7. The molecule has 1 heterocycles. The van der Waals surface area contributed by atoms with Crippen LogP contribution in [0.15, 0.2) is 58.8 Å². The van der Waals surface area contributed by atoms with E-state index in [0.717, 1.165) is 22.7 Å². The van der Waals surface area contributed by atoms with Crippen molar-refractivity contribution in [1.29, 1.82) is 0 Å². The molecule has 8 heteroatoms. The first-order valence-corrected chi connectivity index (χ1v) is 11.2. The van der Waals surface area contributed by atoms with E-state index in [1.165, 1.54) is 23.5 Å². The highest BCUT2D eigenvalue weighted by atomic mass is 32.2. The van der Waals surface area contributed by atoms with Crippen LogP contribution in [-0.4, -0.2) is 19.3 Å². The minimum atomic E-state index is -3.78. The average Bonchev–Trinajstić information content (AvgIpc) is 3.09. The molecule has 0 bridgehead atoms. The third-order valence-electron chi connectivity index (χ3n) is 3.99. The highest BCUT2D eigenvalue weighted by Crippen LogP contribution is 2.30. The average molecular weight is 416 g/mol. The number of anilines is 2. The zero-order valence-electron chi connectivity index (χ0n) is 15.6. The summed E-state index contributed by atoms with van der Waals surface area (Å²) in [7, 11) is -3.78. The topological polar surface area (TPSA) is 88.2 Å². The Balaban J connectivity index is 1.82. The Labute approximate surface area is 168 Å². The van der Waals surface area contributed by atoms with Crippen molar-refractivity contribution in [1.82, 2.24) is 4.98 Å². The van der Waals surface area contributed by atoms with Gasteiger partial charge in [0.05, 0.1) is 21.3 Å². The Hall–Kier alpha value is -2.71. The quantitative estimate of drug-likeness (QED) is 0.587. The summed E-state index contributed by atoms with van der Waals surface area (Å²) in [6.07, 6.45) is 1.18. The standard InChI is InChI=1S/C20H21N3O3S2/c1-3-6-20(24)22-15-9-11-16(12-10-15)28(25,26)23-18-8-5-4-7-17(18)19-13-27-14(2)21-19/h4-5,7-13,23H,3,6H2,1-2H3,(H,22,24). The molecule has 0 aliphatic heterocycles.